The number of anilines is 1. The van der Waals surface area contributed by atoms with Gasteiger partial charge in [-0.2, -0.15) is 4.39 Å². The maximum absolute atomic E-state index is 17.3. The van der Waals surface area contributed by atoms with Gasteiger partial charge in [0.25, 0.3) is 0 Å². The highest BCUT2D eigenvalue weighted by Gasteiger charge is 2.57. The summed E-state index contributed by atoms with van der Waals surface area (Å²) in [6, 6.07) is 11.1. The van der Waals surface area contributed by atoms with Crippen molar-refractivity contribution in [3.05, 3.63) is 58.9 Å². The monoisotopic (exact) mass is 573 g/mol. The minimum Gasteiger partial charge on any atom is -0.479 e. The number of para-hydroxylation sites is 1. The number of carbonyl (C=O) groups excluding carboxylic acids is 1. The Balaban J connectivity index is 1.59. The number of carbonyl (C=O) groups is 2. The Kier molecular flexibility index (Phi) is 7.33. The van der Waals surface area contributed by atoms with Gasteiger partial charge < -0.3 is 19.6 Å². The van der Waals surface area contributed by atoms with Gasteiger partial charge in [0, 0.05) is 23.2 Å². The van der Waals surface area contributed by atoms with Crippen LogP contribution in [0.2, 0.25) is 0 Å². The standard InChI is InChI=1S/C27H29BrFN3O5/c28-19-8-2-3-9-20(19)31-23(18-10-11-21-22(16-18)36-17-30-21)24(33)27(29,32-14-6-7-15-32)37-26(25(34)35)12-4-1-5-13-26/h2-3,8-11,16-17,23,31H,1,4-7,12-15H2,(H,34,35). The molecule has 8 nitrogen and oxygen atoms in total. The Morgan fingerprint density at radius 1 is 1.14 bits per heavy atom. The minimum atomic E-state index is -2.94. The van der Waals surface area contributed by atoms with E-state index in [0.717, 1.165) is 6.42 Å². The molecule has 2 atom stereocenters. The minimum absolute atomic E-state index is 0.154. The van der Waals surface area contributed by atoms with Crippen LogP contribution in [-0.4, -0.2) is 51.4 Å². The summed E-state index contributed by atoms with van der Waals surface area (Å²) < 4.78 is 29.3. The second-order valence-corrected chi connectivity index (χ2v) is 10.6. The van der Waals surface area contributed by atoms with Gasteiger partial charge in [-0.1, -0.05) is 24.6 Å². The van der Waals surface area contributed by atoms with Crippen LogP contribution < -0.4 is 5.32 Å². The number of carboxylic acid groups (broad SMARTS) is 1. The third kappa shape index (κ3) is 5.02. The molecule has 2 aromatic carbocycles. The molecule has 1 aliphatic heterocycles. The van der Waals surface area contributed by atoms with E-state index < -0.39 is 29.4 Å². The van der Waals surface area contributed by atoms with Gasteiger partial charge in [0.1, 0.15) is 11.6 Å². The van der Waals surface area contributed by atoms with Crippen LogP contribution in [0.25, 0.3) is 11.1 Å². The molecule has 2 aliphatic rings. The Morgan fingerprint density at radius 2 is 1.86 bits per heavy atom. The van der Waals surface area contributed by atoms with Crippen molar-refractivity contribution in [2.75, 3.05) is 18.4 Å². The summed E-state index contributed by atoms with van der Waals surface area (Å²) in [5, 5.41) is 13.3. The summed E-state index contributed by atoms with van der Waals surface area (Å²) in [7, 11) is 0. The smallest absolute Gasteiger partial charge is 0.336 e. The molecule has 0 spiro atoms. The van der Waals surface area contributed by atoms with Gasteiger partial charge in [0.05, 0.1) is 0 Å². The van der Waals surface area contributed by atoms with Crippen LogP contribution >= 0.6 is 15.9 Å². The molecule has 1 saturated heterocycles. The number of likely N-dealkylation sites (tertiary alicyclic amines) is 1. The molecule has 0 bridgehead atoms. The molecule has 0 radical (unpaired) electrons. The van der Waals surface area contributed by atoms with Crippen LogP contribution in [-0.2, 0) is 14.3 Å². The number of halogens is 2. The Labute approximate surface area is 222 Å². The molecular weight excluding hydrogens is 545 g/mol. The summed E-state index contributed by atoms with van der Waals surface area (Å²) >= 11 is 3.49. The van der Waals surface area contributed by atoms with Gasteiger partial charge in [0.2, 0.25) is 5.78 Å². The van der Waals surface area contributed by atoms with Crippen LogP contribution in [0.15, 0.2) is 57.7 Å². The topological polar surface area (TPSA) is 105 Å². The fraction of sp³-hybridized carbons (Fsp3) is 0.444. The lowest BCUT2D eigenvalue weighted by atomic mass is 9.84. The normalized spacial score (nSPS) is 20.4. The maximum Gasteiger partial charge on any atom is 0.336 e. The average molecular weight is 574 g/mol. The first kappa shape index (κ1) is 25.8. The molecule has 37 heavy (non-hydrogen) atoms. The van der Waals surface area contributed by atoms with Gasteiger partial charge >= 0.3 is 11.9 Å². The van der Waals surface area contributed by atoms with Crippen molar-refractivity contribution >= 4 is 44.5 Å². The van der Waals surface area contributed by atoms with Crippen molar-refractivity contribution in [3.63, 3.8) is 0 Å². The zero-order valence-corrected chi connectivity index (χ0v) is 21.9. The number of rotatable bonds is 9. The van der Waals surface area contributed by atoms with Crippen molar-refractivity contribution in [1.82, 2.24) is 9.88 Å². The predicted molar refractivity (Wildman–Crippen MR) is 139 cm³/mol. The highest BCUT2D eigenvalue weighted by Crippen LogP contribution is 2.42. The van der Waals surface area contributed by atoms with E-state index in [9.17, 15) is 14.7 Å². The summed E-state index contributed by atoms with van der Waals surface area (Å²) in [5.74, 6) is -5.09. The number of ether oxygens (including phenoxy) is 1. The Morgan fingerprint density at radius 3 is 2.57 bits per heavy atom. The first-order chi connectivity index (χ1) is 17.8. The van der Waals surface area contributed by atoms with Crippen LogP contribution in [0, 0.1) is 0 Å². The lowest BCUT2D eigenvalue weighted by molar-refractivity contribution is -0.281. The number of nitrogens with zero attached hydrogens (tertiary/aromatic N) is 2. The fourth-order valence-electron chi connectivity index (χ4n) is 5.28. The van der Waals surface area contributed by atoms with E-state index in [4.69, 9.17) is 9.15 Å². The molecule has 1 saturated carbocycles. The highest BCUT2D eigenvalue weighted by atomic mass is 79.9. The molecule has 0 amide bonds. The largest absolute Gasteiger partial charge is 0.479 e. The van der Waals surface area contributed by atoms with Crippen LogP contribution in [0.1, 0.15) is 56.6 Å². The van der Waals surface area contributed by atoms with Crippen molar-refractivity contribution in [1.29, 1.82) is 0 Å². The molecule has 196 valence electrons. The third-order valence-electron chi connectivity index (χ3n) is 7.32. The number of aromatic nitrogens is 1. The van der Waals surface area contributed by atoms with Gasteiger partial charge in [-0.05, 0) is 84.3 Å². The SMILES string of the molecule is O=C(O)C1(OC(F)(C(=O)C(Nc2ccccc2Br)c2ccc3ncoc3c2)N2CCCC2)CCCCC1. The Hall–Kier alpha value is -2.82. The van der Waals surface area contributed by atoms with Crippen molar-refractivity contribution in [2.24, 2.45) is 0 Å². The number of hydrogen-bond donors (Lipinski definition) is 2. The van der Waals surface area contributed by atoms with E-state index in [1.807, 2.05) is 12.1 Å². The molecule has 2 unspecified atom stereocenters. The second kappa shape index (κ2) is 10.5. The van der Waals surface area contributed by atoms with Gasteiger partial charge in [0.15, 0.2) is 17.6 Å². The average Bonchev–Trinajstić information content (AvgIpc) is 3.61. The van der Waals surface area contributed by atoms with Crippen LogP contribution in [0.5, 0.6) is 0 Å². The first-order valence-electron chi connectivity index (χ1n) is 12.6. The zero-order chi connectivity index (χ0) is 26.0. The molecule has 5 rings (SSSR count). The summed E-state index contributed by atoms with van der Waals surface area (Å²) in [4.78, 5) is 32.2. The van der Waals surface area contributed by atoms with E-state index >= 15 is 4.39 Å². The summed E-state index contributed by atoms with van der Waals surface area (Å²) in [6.45, 7) is 0.585. The molecule has 2 heterocycles. The number of ketones is 1. The van der Waals surface area contributed by atoms with E-state index in [1.165, 1.54) is 11.3 Å². The van der Waals surface area contributed by atoms with Gasteiger partial charge in [-0.25, -0.2) is 14.7 Å². The van der Waals surface area contributed by atoms with E-state index in [-0.39, 0.29) is 12.8 Å². The van der Waals surface area contributed by atoms with Gasteiger partial charge in [-0.15, -0.1) is 0 Å². The van der Waals surface area contributed by atoms with Crippen LogP contribution in [0.3, 0.4) is 0 Å². The maximum atomic E-state index is 17.3. The molecule has 1 aromatic heterocycles. The second-order valence-electron chi connectivity index (χ2n) is 9.72. The lowest BCUT2D eigenvalue weighted by Gasteiger charge is -2.43. The number of alkyl halides is 1. The molecule has 3 aromatic rings. The van der Waals surface area contributed by atoms with Crippen molar-refractivity contribution < 1.29 is 28.2 Å². The number of benzene rings is 2. The molecule has 1 aliphatic carbocycles. The number of oxazole rings is 1. The van der Waals surface area contributed by atoms with E-state index in [2.05, 4.69) is 26.2 Å². The fourth-order valence-corrected chi connectivity index (χ4v) is 5.68. The number of fused-ring (bicyclic) bond motifs is 1. The lowest BCUT2D eigenvalue weighted by Crippen LogP contribution is -2.61. The number of hydrogen-bond acceptors (Lipinski definition) is 7. The summed E-state index contributed by atoms with van der Waals surface area (Å²) in [6.07, 6.45) is 5.03. The number of nitrogens with one attached hydrogen (secondary N) is 1. The van der Waals surface area contributed by atoms with Gasteiger partial charge in [-0.3, -0.25) is 4.79 Å². The predicted octanol–water partition coefficient (Wildman–Crippen LogP) is 5.84. The van der Waals surface area contributed by atoms with Crippen molar-refractivity contribution in [3.8, 4) is 0 Å². The van der Waals surface area contributed by atoms with E-state index in [1.54, 1.807) is 30.3 Å². The molecule has 2 N–H and O–H groups in total. The van der Waals surface area contributed by atoms with E-state index in [0.29, 0.717) is 65.6 Å². The third-order valence-corrected chi connectivity index (χ3v) is 8.01. The quantitative estimate of drug-likeness (QED) is 0.308. The molecular formula is C27H29BrFN3O5. The zero-order valence-electron chi connectivity index (χ0n) is 20.3. The molecule has 2 fully saturated rings. The number of aliphatic carboxylic acids is 1. The first-order valence-corrected chi connectivity index (χ1v) is 13.4. The summed E-state index contributed by atoms with van der Waals surface area (Å²) in [5.41, 5.74) is 0.309. The molecule has 10 heteroatoms. The number of carboxylic acids is 1. The highest BCUT2D eigenvalue weighted by molar-refractivity contribution is 9.10. The van der Waals surface area contributed by atoms with Crippen molar-refractivity contribution in [2.45, 2.75) is 62.6 Å². The number of Topliss-reactive ketones (excluding diaryl/α,β-unsaturated/α-hetero) is 1. The Bertz CT molecular complexity index is 1290. The van der Waals surface area contributed by atoms with Crippen LogP contribution in [0.4, 0.5) is 10.1 Å².